The lowest BCUT2D eigenvalue weighted by atomic mass is 10.1. The van der Waals surface area contributed by atoms with Gasteiger partial charge in [-0.25, -0.2) is 9.78 Å². The summed E-state index contributed by atoms with van der Waals surface area (Å²) < 4.78 is 11.7. The molecule has 0 unspecified atom stereocenters. The first-order chi connectivity index (χ1) is 13.4. The van der Waals surface area contributed by atoms with Gasteiger partial charge in [0.1, 0.15) is 21.9 Å². The van der Waals surface area contributed by atoms with Gasteiger partial charge in [-0.3, -0.25) is 14.9 Å². The third-order valence-corrected chi connectivity index (χ3v) is 3.99. The molecule has 0 aliphatic rings. The van der Waals surface area contributed by atoms with E-state index in [1.165, 1.54) is 18.3 Å². The van der Waals surface area contributed by atoms with E-state index in [0.29, 0.717) is 29.0 Å². The maximum absolute atomic E-state index is 12.6. The molecule has 0 aliphatic heterocycles. The van der Waals surface area contributed by atoms with Crippen molar-refractivity contribution >= 4 is 35.0 Å². The zero-order valence-corrected chi connectivity index (χ0v) is 15.2. The largest absolute Gasteiger partial charge is 0.462 e. The molecule has 0 fully saturated rings. The van der Waals surface area contributed by atoms with Crippen molar-refractivity contribution in [1.82, 2.24) is 9.55 Å². The number of esters is 1. The van der Waals surface area contributed by atoms with E-state index in [4.69, 9.17) is 9.15 Å². The zero-order valence-electron chi connectivity index (χ0n) is 15.2. The second kappa shape index (κ2) is 7.87. The van der Waals surface area contributed by atoms with Crippen LogP contribution in [-0.2, 0) is 11.3 Å². The van der Waals surface area contributed by atoms with Crippen molar-refractivity contribution in [2.75, 3.05) is 6.61 Å². The number of pyridine rings is 2. The molecule has 0 atom stereocenters. The Labute approximate surface area is 159 Å². The summed E-state index contributed by atoms with van der Waals surface area (Å²) >= 11 is 0. The molecule has 0 saturated heterocycles. The molecule has 0 aliphatic carbocycles. The Balaban J connectivity index is 2.01. The van der Waals surface area contributed by atoms with Gasteiger partial charge in [-0.15, -0.1) is 0 Å². The van der Waals surface area contributed by atoms with Gasteiger partial charge in [-0.1, -0.05) is 0 Å². The molecular formula is C19H17N3O6. The van der Waals surface area contributed by atoms with Gasteiger partial charge in [-0.05, 0) is 44.2 Å². The lowest BCUT2D eigenvalue weighted by Gasteiger charge is -2.10. The molecule has 144 valence electrons. The summed E-state index contributed by atoms with van der Waals surface area (Å²) in [5.41, 5.74) is 0.470. The molecule has 0 radical (unpaired) electrons. The lowest BCUT2D eigenvalue weighted by Crippen LogP contribution is -2.21. The number of aryl methyl sites for hydroxylation is 1. The molecule has 28 heavy (non-hydrogen) atoms. The average molecular weight is 383 g/mol. The van der Waals surface area contributed by atoms with E-state index in [9.17, 15) is 19.7 Å². The van der Waals surface area contributed by atoms with Crippen LogP contribution in [0.5, 0.6) is 0 Å². The number of hydrogen-bond donors (Lipinski definition) is 0. The summed E-state index contributed by atoms with van der Waals surface area (Å²) in [5.74, 6) is -0.712. The van der Waals surface area contributed by atoms with Gasteiger partial charge in [0.05, 0.1) is 23.8 Å². The van der Waals surface area contributed by atoms with Crippen molar-refractivity contribution in [3.8, 4) is 0 Å². The summed E-state index contributed by atoms with van der Waals surface area (Å²) in [6, 6.07) is 5.94. The molecular weight excluding hydrogens is 366 g/mol. The summed E-state index contributed by atoms with van der Waals surface area (Å²) in [6.45, 7) is 4.21. The molecule has 3 aromatic heterocycles. The van der Waals surface area contributed by atoms with E-state index in [1.54, 1.807) is 35.8 Å². The minimum Gasteiger partial charge on any atom is -0.462 e. The van der Waals surface area contributed by atoms with Gasteiger partial charge in [0.25, 0.3) is 0 Å². The molecule has 3 rings (SSSR count). The topological polar surface area (TPSA) is 117 Å². The Morgan fingerprint density at radius 2 is 2.07 bits per heavy atom. The van der Waals surface area contributed by atoms with Gasteiger partial charge in [0, 0.05) is 12.7 Å². The number of ether oxygens (including phenoxy) is 1. The van der Waals surface area contributed by atoms with E-state index in [-0.39, 0.29) is 18.1 Å². The Morgan fingerprint density at radius 3 is 2.71 bits per heavy atom. The highest BCUT2D eigenvalue weighted by Gasteiger charge is 2.17. The van der Waals surface area contributed by atoms with Gasteiger partial charge in [0.15, 0.2) is 0 Å². The highest BCUT2D eigenvalue weighted by molar-refractivity contribution is 5.93. The van der Waals surface area contributed by atoms with Crippen LogP contribution in [0.25, 0.3) is 23.2 Å². The molecule has 3 aromatic rings. The number of hydrogen-bond acceptors (Lipinski definition) is 7. The molecule has 0 aromatic carbocycles. The first-order valence-corrected chi connectivity index (χ1v) is 8.58. The van der Waals surface area contributed by atoms with Crippen LogP contribution in [0.4, 0.5) is 5.88 Å². The summed E-state index contributed by atoms with van der Waals surface area (Å²) in [4.78, 5) is 39.2. The third-order valence-electron chi connectivity index (χ3n) is 3.99. The van der Waals surface area contributed by atoms with Crippen LogP contribution in [0, 0.1) is 10.1 Å². The number of rotatable bonds is 6. The fourth-order valence-electron chi connectivity index (χ4n) is 2.67. The normalized spacial score (nSPS) is 11.2. The van der Waals surface area contributed by atoms with Crippen molar-refractivity contribution in [3.05, 3.63) is 67.8 Å². The zero-order chi connectivity index (χ0) is 20.3. The first-order valence-electron chi connectivity index (χ1n) is 8.58. The standard InChI is InChI=1S/C19H17N3O6/c1-3-21-11-15(19(24)27-4-2)17(23)14-9-6-12(20-18(14)21)5-7-13-8-10-16(28-13)22(25)26/h5-11H,3-4H2,1-2H3/b7-5+. The molecule has 0 saturated carbocycles. The Bertz CT molecular complexity index is 1140. The number of carbonyl (C=O) groups excluding carboxylic acids is 1. The monoisotopic (exact) mass is 383 g/mol. The number of fused-ring (bicyclic) bond motifs is 1. The summed E-state index contributed by atoms with van der Waals surface area (Å²) in [6.07, 6.45) is 4.60. The van der Waals surface area contributed by atoms with Crippen molar-refractivity contribution in [2.45, 2.75) is 20.4 Å². The molecule has 0 spiro atoms. The second-order valence-electron chi connectivity index (χ2n) is 5.75. The van der Waals surface area contributed by atoms with Crippen LogP contribution in [0.1, 0.15) is 35.7 Å². The quantitative estimate of drug-likeness (QED) is 0.364. The number of carbonyl (C=O) groups is 1. The number of furan rings is 1. The summed E-state index contributed by atoms with van der Waals surface area (Å²) in [5, 5.41) is 11.0. The molecule has 0 amide bonds. The number of aromatic nitrogens is 2. The van der Waals surface area contributed by atoms with Crippen LogP contribution >= 0.6 is 0 Å². The van der Waals surface area contributed by atoms with Crippen molar-refractivity contribution in [2.24, 2.45) is 0 Å². The highest BCUT2D eigenvalue weighted by atomic mass is 16.6. The molecule has 9 heteroatoms. The summed E-state index contributed by atoms with van der Waals surface area (Å²) in [7, 11) is 0. The van der Waals surface area contributed by atoms with Crippen molar-refractivity contribution in [1.29, 1.82) is 0 Å². The average Bonchev–Trinajstić information content (AvgIpc) is 3.16. The predicted molar refractivity (Wildman–Crippen MR) is 102 cm³/mol. The Hall–Kier alpha value is -3.75. The van der Waals surface area contributed by atoms with Crippen LogP contribution < -0.4 is 5.43 Å². The van der Waals surface area contributed by atoms with E-state index in [0.717, 1.165) is 0 Å². The van der Waals surface area contributed by atoms with E-state index < -0.39 is 16.3 Å². The minimum atomic E-state index is -0.667. The minimum absolute atomic E-state index is 0.0378. The molecule has 9 nitrogen and oxygen atoms in total. The van der Waals surface area contributed by atoms with E-state index >= 15 is 0 Å². The van der Waals surface area contributed by atoms with Gasteiger partial charge in [0.2, 0.25) is 5.43 Å². The third kappa shape index (κ3) is 3.68. The van der Waals surface area contributed by atoms with Crippen LogP contribution in [0.3, 0.4) is 0 Å². The van der Waals surface area contributed by atoms with E-state index in [2.05, 4.69) is 4.98 Å². The van der Waals surface area contributed by atoms with Crippen molar-refractivity contribution < 1.29 is 18.9 Å². The highest BCUT2D eigenvalue weighted by Crippen LogP contribution is 2.18. The second-order valence-corrected chi connectivity index (χ2v) is 5.75. The molecule has 3 heterocycles. The fourth-order valence-corrected chi connectivity index (χ4v) is 2.67. The SMILES string of the molecule is CCOC(=O)c1cn(CC)c2nc(/C=C/c3ccc([N+](=O)[O-])o3)ccc2c1=O. The van der Waals surface area contributed by atoms with Gasteiger partial charge in [-0.2, -0.15) is 0 Å². The van der Waals surface area contributed by atoms with Crippen LogP contribution in [-0.4, -0.2) is 27.1 Å². The van der Waals surface area contributed by atoms with Crippen LogP contribution in [0.15, 0.2) is 39.7 Å². The number of nitro groups is 1. The van der Waals surface area contributed by atoms with Crippen LogP contribution in [0.2, 0.25) is 0 Å². The van der Waals surface area contributed by atoms with Crippen molar-refractivity contribution in [3.63, 3.8) is 0 Å². The maximum Gasteiger partial charge on any atom is 0.433 e. The van der Waals surface area contributed by atoms with E-state index in [1.807, 2.05) is 6.92 Å². The smallest absolute Gasteiger partial charge is 0.433 e. The molecule has 0 N–H and O–H groups in total. The fraction of sp³-hybridized carbons (Fsp3) is 0.211. The Morgan fingerprint density at radius 1 is 1.29 bits per heavy atom. The Kier molecular flexibility index (Phi) is 5.35. The lowest BCUT2D eigenvalue weighted by molar-refractivity contribution is -0.402. The maximum atomic E-state index is 12.6. The van der Waals surface area contributed by atoms with Gasteiger partial charge < -0.3 is 13.7 Å². The first kappa shape index (κ1) is 19.0. The van der Waals surface area contributed by atoms with Gasteiger partial charge >= 0.3 is 11.9 Å². The predicted octanol–water partition coefficient (Wildman–Crippen LogP) is 3.26. The molecule has 0 bridgehead atoms. The number of nitrogens with zero attached hydrogens (tertiary/aromatic N) is 3.